The van der Waals surface area contributed by atoms with Gasteiger partial charge >= 0.3 is 0 Å². The van der Waals surface area contributed by atoms with Crippen LogP contribution in [0.4, 0.5) is 0 Å². The summed E-state index contributed by atoms with van der Waals surface area (Å²) in [5.74, 6) is 0.434. The number of sulfone groups is 1. The lowest BCUT2D eigenvalue weighted by Gasteiger charge is -2.21. The van der Waals surface area contributed by atoms with Crippen molar-refractivity contribution in [1.29, 1.82) is 0 Å². The summed E-state index contributed by atoms with van der Waals surface area (Å²) in [4.78, 5) is 12.7. The van der Waals surface area contributed by atoms with E-state index in [1.165, 1.54) is 6.26 Å². The molecule has 0 saturated carbocycles. The van der Waals surface area contributed by atoms with Crippen molar-refractivity contribution in [1.82, 2.24) is 5.32 Å². The fraction of sp³-hybridized carbons (Fsp3) is 0.350. The maximum absolute atomic E-state index is 12.5. The van der Waals surface area contributed by atoms with Crippen molar-refractivity contribution >= 4 is 15.7 Å². The van der Waals surface area contributed by atoms with E-state index in [1.807, 2.05) is 38.1 Å². The number of carbonyl (C=O) groups is 1. The number of hydrogen-bond acceptors (Lipinski definition) is 4. The zero-order valence-electron chi connectivity index (χ0n) is 15.5. The van der Waals surface area contributed by atoms with Gasteiger partial charge in [-0.3, -0.25) is 4.79 Å². The Morgan fingerprint density at radius 1 is 1.15 bits per heavy atom. The fourth-order valence-corrected chi connectivity index (χ4v) is 3.23. The Hall–Kier alpha value is -2.34. The van der Waals surface area contributed by atoms with Gasteiger partial charge in [0.15, 0.2) is 15.9 Å². The summed E-state index contributed by atoms with van der Waals surface area (Å²) >= 11 is 0. The number of ether oxygens (including phenoxy) is 1. The lowest BCUT2D eigenvalue weighted by Crippen LogP contribution is -2.38. The van der Waals surface area contributed by atoms with Crippen molar-refractivity contribution in [2.45, 2.75) is 44.2 Å². The molecule has 6 heteroatoms. The molecule has 140 valence electrons. The second-order valence-corrected chi connectivity index (χ2v) is 8.40. The molecule has 0 radical (unpaired) electrons. The van der Waals surface area contributed by atoms with Gasteiger partial charge in [-0.05, 0) is 55.7 Å². The van der Waals surface area contributed by atoms with Crippen molar-refractivity contribution in [3.8, 4) is 5.75 Å². The number of rotatable bonds is 7. The molecule has 0 unspecified atom stereocenters. The minimum Gasteiger partial charge on any atom is -0.481 e. The van der Waals surface area contributed by atoms with Crippen LogP contribution in [0.25, 0.3) is 0 Å². The number of carbonyl (C=O) groups excluding carboxylic acids is 1. The quantitative estimate of drug-likeness (QED) is 0.805. The Kier molecular flexibility index (Phi) is 6.42. The second-order valence-electron chi connectivity index (χ2n) is 6.39. The van der Waals surface area contributed by atoms with Crippen LogP contribution in [0.2, 0.25) is 0 Å². The van der Waals surface area contributed by atoms with Crippen LogP contribution in [0.15, 0.2) is 53.4 Å². The van der Waals surface area contributed by atoms with E-state index >= 15 is 0 Å². The summed E-state index contributed by atoms with van der Waals surface area (Å²) in [5, 5.41) is 2.96. The Morgan fingerprint density at radius 2 is 1.81 bits per heavy atom. The van der Waals surface area contributed by atoms with E-state index in [4.69, 9.17) is 4.74 Å². The first-order valence-electron chi connectivity index (χ1n) is 8.54. The van der Waals surface area contributed by atoms with E-state index in [0.29, 0.717) is 12.2 Å². The van der Waals surface area contributed by atoms with E-state index in [1.54, 1.807) is 31.2 Å². The maximum Gasteiger partial charge on any atom is 0.261 e. The lowest BCUT2D eigenvalue weighted by atomic mass is 10.0. The standard InChI is InChI=1S/C20H25NO4S/c1-5-19(16-9-11-18(12-10-16)26(4,23)24)21-20(22)15(3)25-17-8-6-7-14(2)13-17/h6-13,15,19H,5H2,1-4H3,(H,21,22)/t15-,19+/m0/s1. The molecule has 2 rings (SSSR count). The smallest absolute Gasteiger partial charge is 0.261 e. The highest BCUT2D eigenvalue weighted by Gasteiger charge is 2.20. The average molecular weight is 375 g/mol. The molecule has 0 fully saturated rings. The zero-order chi connectivity index (χ0) is 19.3. The van der Waals surface area contributed by atoms with Crippen LogP contribution in [0.5, 0.6) is 5.75 Å². The van der Waals surface area contributed by atoms with Crippen LogP contribution in [0.1, 0.15) is 37.4 Å². The first-order valence-corrected chi connectivity index (χ1v) is 10.4. The SMILES string of the molecule is CC[C@@H](NC(=O)[C@H](C)Oc1cccc(C)c1)c1ccc(S(C)(=O)=O)cc1. The molecule has 0 aliphatic rings. The molecule has 2 aromatic rings. The van der Waals surface area contributed by atoms with Crippen LogP contribution in [-0.4, -0.2) is 26.7 Å². The summed E-state index contributed by atoms with van der Waals surface area (Å²) in [6, 6.07) is 13.9. The number of amides is 1. The molecule has 0 aliphatic carbocycles. The largest absolute Gasteiger partial charge is 0.481 e. The molecule has 0 spiro atoms. The van der Waals surface area contributed by atoms with Gasteiger partial charge in [-0.25, -0.2) is 8.42 Å². The maximum atomic E-state index is 12.5. The molecule has 0 heterocycles. The van der Waals surface area contributed by atoms with Crippen molar-refractivity contribution in [3.05, 3.63) is 59.7 Å². The lowest BCUT2D eigenvalue weighted by molar-refractivity contribution is -0.128. The first-order chi connectivity index (χ1) is 12.2. The monoisotopic (exact) mass is 375 g/mol. The van der Waals surface area contributed by atoms with Gasteiger partial charge in [-0.15, -0.1) is 0 Å². The van der Waals surface area contributed by atoms with Crippen molar-refractivity contribution in [2.24, 2.45) is 0 Å². The number of benzene rings is 2. The highest BCUT2D eigenvalue weighted by atomic mass is 32.2. The number of hydrogen-bond donors (Lipinski definition) is 1. The van der Waals surface area contributed by atoms with Crippen LogP contribution in [-0.2, 0) is 14.6 Å². The Balaban J connectivity index is 2.05. The predicted molar refractivity (Wildman–Crippen MR) is 102 cm³/mol. The number of nitrogens with one attached hydrogen (secondary N) is 1. The molecule has 2 atom stereocenters. The normalized spacial score (nSPS) is 13.7. The van der Waals surface area contributed by atoms with Crippen LogP contribution < -0.4 is 10.1 Å². The molecule has 0 aliphatic heterocycles. The fourth-order valence-electron chi connectivity index (χ4n) is 2.60. The van der Waals surface area contributed by atoms with Crippen LogP contribution in [0.3, 0.4) is 0 Å². The molecular formula is C20H25NO4S. The van der Waals surface area contributed by atoms with E-state index in [9.17, 15) is 13.2 Å². The first kappa shape index (κ1) is 20.0. The van der Waals surface area contributed by atoms with Gasteiger partial charge in [0.05, 0.1) is 10.9 Å². The molecule has 0 bridgehead atoms. The van der Waals surface area contributed by atoms with Gasteiger partial charge in [0.2, 0.25) is 0 Å². The van der Waals surface area contributed by atoms with Gasteiger partial charge in [-0.1, -0.05) is 31.2 Å². The molecular weight excluding hydrogens is 350 g/mol. The van der Waals surface area contributed by atoms with Gasteiger partial charge in [0, 0.05) is 6.26 Å². The second kappa shape index (κ2) is 8.36. The van der Waals surface area contributed by atoms with Crippen molar-refractivity contribution in [2.75, 3.05) is 6.26 Å². The van der Waals surface area contributed by atoms with E-state index in [-0.39, 0.29) is 16.8 Å². The third-order valence-electron chi connectivity index (χ3n) is 4.11. The summed E-state index contributed by atoms with van der Waals surface area (Å²) in [5.41, 5.74) is 1.92. The summed E-state index contributed by atoms with van der Waals surface area (Å²) in [7, 11) is -3.23. The highest BCUT2D eigenvalue weighted by Crippen LogP contribution is 2.20. The van der Waals surface area contributed by atoms with Crippen LogP contribution in [0, 0.1) is 6.92 Å². The third-order valence-corrected chi connectivity index (χ3v) is 5.24. The van der Waals surface area contributed by atoms with Crippen LogP contribution >= 0.6 is 0 Å². The zero-order valence-corrected chi connectivity index (χ0v) is 16.3. The summed E-state index contributed by atoms with van der Waals surface area (Å²) in [6.45, 7) is 5.63. The highest BCUT2D eigenvalue weighted by molar-refractivity contribution is 7.90. The molecule has 0 saturated heterocycles. The Labute approximate surface area is 155 Å². The van der Waals surface area contributed by atoms with Gasteiger partial charge < -0.3 is 10.1 Å². The average Bonchev–Trinajstić information content (AvgIpc) is 2.58. The molecule has 1 N–H and O–H groups in total. The van der Waals surface area contributed by atoms with Gasteiger partial charge in [0.25, 0.3) is 5.91 Å². The minimum absolute atomic E-state index is 0.209. The van der Waals surface area contributed by atoms with E-state index in [0.717, 1.165) is 11.1 Å². The summed E-state index contributed by atoms with van der Waals surface area (Å²) < 4.78 is 28.8. The van der Waals surface area contributed by atoms with Crippen molar-refractivity contribution in [3.63, 3.8) is 0 Å². The minimum atomic E-state index is -3.23. The third kappa shape index (κ3) is 5.33. The van der Waals surface area contributed by atoms with Crippen molar-refractivity contribution < 1.29 is 17.9 Å². The molecule has 0 aromatic heterocycles. The van der Waals surface area contributed by atoms with E-state index in [2.05, 4.69) is 5.32 Å². The molecule has 5 nitrogen and oxygen atoms in total. The number of aryl methyl sites for hydroxylation is 1. The van der Waals surface area contributed by atoms with E-state index < -0.39 is 15.9 Å². The molecule has 26 heavy (non-hydrogen) atoms. The Bertz CT molecular complexity index is 860. The Morgan fingerprint density at radius 3 is 2.35 bits per heavy atom. The predicted octanol–water partition coefficient (Wildman–Crippen LogP) is 3.43. The van der Waals surface area contributed by atoms with Gasteiger partial charge in [0.1, 0.15) is 5.75 Å². The van der Waals surface area contributed by atoms with Gasteiger partial charge in [-0.2, -0.15) is 0 Å². The molecule has 1 amide bonds. The summed E-state index contributed by atoms with van der Waals surface area (Å²) in [6.07, 6.45) is 1.22. The topological polar surface area (TPSA) is 72.5 Å². The molecule has 2 aromatic carbocycles.